The largest absolute Gasteiger partial charge is 0.461 e. The maximum atomic E-state index is 15.3. The first-order valence-corrected chi connectivity index (χ1v) is 12.5. The molecule has 1 aromatic carbocycles. The molecule has 0 saturated heterocycles. The minimum absolute atomic E-state index is 0.00717. The highest BCUT2D eigenvalue weighted by atomic mass is 19.1. The fourth-order valence-electron chi connectivity index (χ4n) is 5.37. The van der Waals surface area contributed by atoms with Crippen LogP contribution in [0.2, 0.25) is 0 Å². The van der Waals surface area contributed by atoms with E-state index in [-0.39, 0.29) is 29.7 Å². The molecule has 0 unspecified atom stereocenters. The first-order valence-electron chi connectivity index (χ1n) is 12.5. The number of ether oxygens (including phenoxy) is 1. The molecule has 1 fully saturated rings. The molecule has 0 spiro atoms. The van der Waals surface area contributed by atoms with E-state index >= 15 is 4.39 Å². The van der Waals surface area contributed by atoms with Crippen LogP contribution >= 0.6 is 0 Å². The van der Waals surface area contributed by atoms with Crippen molar-refractivity contribution in [3.8, 4) is 5.69 Å². The molecule has 5 N–H and O–H groups in total. The van der Waals surface area contributed by atoms with Crippen LogP contribution in [0.25, 0.3) is 5.69 Å². The van der Waals surface area contributed by atoms with Gasteiger partial charge in [-0.15, -0.1) is 0 Å². The van der Waals surface area contributed by atoms with Gasteiger partial charge in [0.15, 0.2) is 0 Å². The molecule has 1 heterocycles. The van der Waals surface area contributed by atoms with Crippen molar-refractivity contribution in [1.29, 1.82) is 0 Å². The predicted molar refractivity (Wildman–Crippen MR) is 132 cm³/mol. The zero-order valence-electron chi connectivity index (χ0n) is 20.8. The smallest absolute Gasteiger partial charge is 0.319 e. The van der Waals surface area contributed by atoms with Gasteiger partial charge in [0.05, 0.1) is 29.2 Å². The van der Waals surface area contributed by atoms with Gasteiger partial charge in [0.25, 0.3) is 5.91 Å². The molecule has 0 radical (unpaired) electrons. The summed E-state index contributed by atoms with van der Waals surface area (Å²) in [5.41, 5.74) is 15.2. The van der Waals surface area contributed by atoms with Crippen LogP contribution < -0.4 is 16.8 Å². The molecule has 2 aliphatic carbocycles. The number of benzene rings is 1. The van der Waals surface area contributed by atoms with Crippen molar-refractivity contribution in [3.63, 3.8) is 0 Å². The van der Waals surface area contributed by atoms with Crippen LogP contribution in [-0.4, -0.2) is 40.3 Å². The molecule has 35 heavy (non-hydrogen) atoms. The highest BCUT2D eigenvalue weighted by Gasteiger charge is 2.32. The zero-order chi connectivity index (χ0) is 25.3. The fraction of sp³-hybridized carbons (Fsp3) is 0.577. The third-order valence-electron chi connectivity index (χ3n) is 7.27. The van der Waals surface area contributed by atoms with Crippen molar-refractivity contribution in [3.05, 3.63) is 40.5 Å². The maximum Gasteiger partial charge on any atom is 0.319 e. The van der Waals surface area contributed by atoms with Crippen molar-refractivity contribution in [1.82, 2.24) is 9.78 Å². The Morgan fingerprint density at radius 1 is 1.26 bits per heavy atom. The number of amides is 1. The number of hydrogen-bond acceptors (Lipinski definition) is 6. The molecule has 9 heteroatoms. The molecule has 1 aromatic heterocycles. The molecular formula is C26H36FN5O3. The Kier molecular flexibility index (Phi) is 7.17. The average Bonchev–Trinajstić information content (AvgIpc) is 3.16. The Bertz CT molecular complexity index is 1120. The lowest BCUT2D eigenvalue weighted by atomic mass is 9.76. The molecule has 2 aromatic rings. The summed E-state index contributed by atoms with van der Waals surface area (Å²) in [7, 11) is 0. The number of fused-ring (bicyclic) bond motifs is 1. The van der Waals surface area contributed by atoms with Crippen molar-refractivity contribution >= 4 is 17.6 Å². The highest BCUT2D eigenvalue weighted by Crippen LogP contribution is 2.38. The van der Waals surface area contributed by atoms with E-state index in [0.717, 1.165) is 37.1 Å². The van der Waals surface area contributed by atoms with E-state index in [1.165, 1.54) is 11.6 Å². The van der Waals surface area contributed by atoms with E-state index in [4.69, 9.17) is 21.3 Å². The van der Waals surface area contributed by atoms with E-state index < -0.39 is 17.7 Å². The van der Waals surface area contributed by atoms with Crippen molar-refractivity contribution in [2.75, 3.05) is 11.9 Å². The number of nitrogens with one attached hydrogen (secondary N) is 1. The number of nitrogens with zero attached hydrogens (tertiary/aromatic N) is 2. The quantitative estimate of drug-likeness (QED) is 0.516. The molecule has 1 amide bonds. The van der Waals surface area contributed by atoms with Gasteiger partial charge in [-0.1, -0.05) is 20.8 Å². The van der Waals surface area contributed by atoms with Crippen LogP contribution in [0.15, 0.2) is 12.1 Å². The van der Waals surface area contributed by atoms with Gasteiger partial charge in [-0.2, -0.15) is 5.10 Å². The lowest BCUT2D eigenvalue weighted by Gasteiger charge is -2.31. The second-order valence-electron chi connectivity index (χ2n) is 10.5. The van der Waals surface area contributed by atoms with E-state index in [1.807, 2.05) is 4.68 Å². The lowest BCUT2D eigenvalue weighted by Crippen LogP contribution is -2.33. The predicted octanol–water partition coefficient (Wildman–Crippen LogP) is 3.41. The summed E-state index contributed by atoms with van der Waals surface area (Å²) in [6.45, 7) is 6.42. The van der Waals surface area contributed by atoms with Gasteiger partial charge in [0.2, 0.25) is 0 Å². The number of carbonyl (C=O) groups is 2. The fourth-order valence-corrected chi connectivity index (χ4v) is 5.37. The molecule has 0 aliphatic heterocycles. The number of halogens is 1. The van der Waals surface area contributed by atoms with Gasteiger partial charge < -0.3 is 21.5 Å². The Morgan fingerprint density at radius 2 is 1.97 bits per heavy atom. The Labute approximate surface area is 205 Å². The van der Waals surface area contributed by atoms with Gasteiger partial charge >= 0.3 is 5.97 Å². The molecule has 190 valence electrons. The van der Waals surface area contributed by atoms with Gasteiger partial charge in [-0.25, -0.2) is 9.07 Å². The van der Waals surface area contributed by atoms with E-state index in [1.54, 1.807) is 6.07 Å². The summed E-state index contributed by atoms with van der Waals surface area (Å²) >= 11 is 0. The van der Waals surface area contributed by atoms with Crippen molar-refractivity contribution in [2.45, 2.75) is 84.3 Å². The third kappa shape index (κ3) is 5.34. The summed E-state index contributed by atoms with van der Waals surface area (Å²) in [6.07, 6.45) is 6.27. The number of hydrogen-bond donors (Lipinski definition) is 3. The van der Waals surface area contributed by atoms with Crippen molar-refractivity contribution in [2.24, 2.45) is 16.9 Å². The number of aromatic nitrogens is 2. The number of esters is 1. The first-order chi connectivity index (χ1) is 16.6. The monoisotopic (exact) mass is 485 g/mol. The molecule has 0 atom stereocenters. The number of rotatable bonds is 7. The number of anilines is 1. The van der Waals surface area contributed by atoms with Gasteiger partial charge in [-0.05, 0) is 68.4 Å². The first kappa shape index (κ1) is 25.2. The molecule has 4 rings (SSSR count). The van der Waals surface area contributed by atoms with Crippen LogP contribution in [0.4, 0.5) is 10.1 Å². The zero-order valence-corrected chi connectivity index (χ0v) is 20.8. The number of carbonyl (C=O) groups excluding carboxylic acids is 2. The summed E-state index contributed by atoms with van der Waals surface area (Å²) in [4.78, 5) is 23.6. The van der Waals surface area contributed by atoms with E-state index in [0.29, 0.717) is 37.1 Å². The highest BCUT2D eigenvalue weighted by molar-refractivity contribution is 5.99. The summed E-state index contributed by atoms with van der Waals surface area (Å²) in [5, 5.41) is 8.18. The summed E-state index contributed by atoms with van der Waals surface area (Å²) in [5.74, 6) is -1.90. The minimum Gasteiger partial charge on any atom is -0.461 e. The Hall–Kier alpha value is -2.94. The normalized spacial score (nSPS) is 21.3. The third-order valence-corrected chi connectivity index (χ3v) is 7.27. The second kappa shape index (κ2) is 9.97. The van der Waals surface area contributed by atoms with Crippen LogP contribution in [0.3, 0.4) is 0 Å². The number of nitrogens with two attached hydrogens (primary N) is 2. The Morgan fingerprint density at radius 3 is 2.60 bits per heavy atom. The molecule has 1 saturated carbocycles. The molecule has 2 aliphatic rings. The van der Waals surface area contributed by atoms with E-state index in [2.05, 4.69) is 26.1 Å². The van der Waals surface area contributed by atoms with E-state index in [9.17, 15) is 9.59 Å². The second-order valence-corrected chi connectivity index (χ2v) is 10.5. The topological polar surface area (TPSA) is 125 Å². The standard InChI is InChI=1S/C26H36FN5O3/c1-4-20-18-9-10-26(2,3)13-22(18)32(31-20)16-11-19(27)24(25(29)34)21(12-16)30-15-5-7-17(8-6-15)35-23(33)14-28/h11-12,15,17,30H,4-10,13-14,28H2,1-3H3,(H2,29,34). The Balaban J connectivity index is 1.64. The van der Waals surface area contributed by atoms with Gasteiger partial charge in [-0.3, -0.25) is 9.59 Å². The number of primary amides is 1. The van der Waals surface area contributed by atoms with Crippen LogP contribution in [0, 0.1) is 11.2 Å². The maximum absolute atomic E-state index is 15.3. The average molecular weight is 486 g/mol. The van der Waals surface area contributed by atoms with Crippen LogP contribution in [-0.2, 0) is 28.8 Å². The molecular weight excluding hydrogens is 449 g/mol. The molecule has 0 bridgehead atoms. The van der Waals surface area contributed by atoms with Gasteiger partial charge in [0.1, 0.15) is 11.9 Å². The van der Waals surface area contributed by atoms with Crippen molar-refractivity contribution < 1.29 is 18.7 Å². The minimum atomic E-state index is -0.819. The molecule has 8 nitrogen and oxygen atoms in total. The van der Waals surface area contributed by atoms with Gasteiger partial charge in [0, 0.05) is 17.8 Å². The van der Waals surface area contributed by atoms with Crippen LogP contribution in [0.1, 0.15) is 80.2 Å². The lowest BCUT2D eigenvalue weighted by molar-refractivity contribution is -0.148. The number of aryl methyl sites for hydroxylation is 1. The van der Waals surface area contributed by atoms with Crippen LogP contribution in [0.5, 0.6) is 0 Å². The summed E-state index contributed by atoms with van der Waals surface area (Å²) < 4.78 is 22.5. The summed E-state index contributed by atoms with van der Waals surface area (Å²) in [6, 6.07) is 3.12. The SMILES string of the molecule is CCc1nn(-c2cc(F)c(C(N)=O)c(NC3CCC(OC(=O)CN)CC3)c2)c2c1CCC(C)(C)C2.